The van der Waals surface area contributed by atoms with E-state index in [9.17, 15) is 9.59 Å². The van der Waals surface area contributed by atoms with Crippen LogP contribution in [-0.2, 0) is 11.2 Å². The summed E-state index contributed by atoms with van der Waals surface area (Å²) in [6, 6.07) is 12.2. The third-order valence-corrected chi connectivity index (χ3v) is 6.39. The number of benzene rings is 1. The Hall–Kier alpha value is -3.61. The first-order valence-electron chi connectivity index (χ1n) is 11.4. The molecule has 0 saturated carbocycles. The van der Waals surface area contributed by atoms with Gasteiger partial charge in [0, 0.05) is 51.0 Å². The van der Waals surface area contributed by atoms with Gasteiger partial charge in [-0.15, -0.1) is 0 Å². The molecule has 0 bridgehead atoms. The van der Waals surface area contributed by atoms with Crippen molar-refractivity contribution >= 4 is 11.8 Å². The number of aromatic nitrogens is 3. The second-order valence-corrected chi connectivity index (χ2v) is 8.44. The Morgan fingerprint density at radius 1 is 1.00 bits per heavy atom. The standard InChI is InChI=1S/C26H29N5O2/c1-3-30(4-2)25(33)26(10-14-31(19-26)24(32)23-18-28-12-13-29-23)16-20-7-5-8-21(15-20)22-9-6-11-27-17-22/h5-9,11-13,15,17-18H,3-4,10,14,16,19H2,1-2H3/t26-/m0/s1. The first kappa shape index (κ1) is 22.6. The first-order valence-corrected chi connectivity index (χ1v) is 11.4. The molecule has 7 heteroatoms. The van der Waals surface area contributed by atoms with Crippen LogP contribution in [0.4, 0.5) is 0 Å². The van der Waals surface area contributed by atoms with Crippen LogP contribution in [0.2, 0.25) is 0 Å². The van der Waals surface area contributed by atoms with Gasteiger partial charge in [0.25, 0.3) is 5.91 Å². The zero-order valence-electron chi connectivity index (χ0n) is 19.1. The molecule has 0 radical (unpaired) electrons. The molecule has 0 N–H and O–H groups in total. The Bertz CT molecular complexity index is 1100. The highest BCUT2D eigenvalue weighted by Gasteiger charge is 2.47. The van der Waals surface area contributed by atoms with Gasteiger partial charge in [-0.1, -0.05) is 30.3 Å². The average Bonchev–Trinajstić information content (AvgIpc) is 3.30. The minimum Gasteiger partial charge on any atom is -0.343 e. The lowest BCUT2D eigenvalue weighted by molar-refractivity contribution is -0.141. The molecule has 1 aliphatic heterocycles. The van der Waals surface area contributed by atoms with Crippen molar-refractivity contribution in [1.82, 2.24) is 24.8 Å². The number of carbonyl (C=O) groups excluding carboxylic acids is 2. The Morgan fingerprint density at radius 3 is 2.48 bits per heavy atom. The largest absolute Gasteiger partial charge is 0.343 e. The van der Waals surface area contributed by atoms with Crippen LogP contribution in [0, 0.1) is 5.41 Å². The number of rotatable bonds is 7. The van der Waals surface area contributed by atoms with Crippen molar-refractivity contribution in [3.8, 4) is 11.1 Å². The normalized spacial score (nSPS) is 17.7. The number of nitrogens with zero attached hydrogens (tertiary/aromatic N) is 5. The summed E-state index contributed by atoms with van der Waals surface area (Å²) in [4.78, 5) is 42.8. The number of amides is 2. The zero-order chi connectivity index (χ0) is 23.3. The minimum absolute atomic E-state index is 0.105. The van der Waals surface area contributed by atoms with Crippen LogP contribution in [0.25, 0.3) is 11.1 Å². The van der Waals surface area contributed by atoms with Gasteiger partial charge in [-0.3, -0.25) is 19.6 Å². The predicted octanol–water partition coefficient (Wildman–Crippen LogP) is 3.48. The van der Waals surface area contributed by atoms with Crippen LogP contribution in [0.1, 0.15) is 36.3 Å². The molecule has 7 nitrogen and oxygen atoms in total. The maximum Gasteiger partial charge on any atom is 0.274 e. The summed E-state index contributed by atoms with van der Waals surface area (Å²) in [6.45, 7) is 6.17. The lowest BCUT2D eigenvalue weighted by atomic mass is 9.79. The van der Waals surface area contributed by atoms with Crippen molar-refractivity contribution in [3.63, 3.8) is 0 Å². The summed E-state index contributed by atoms with van der Waals surface area (Å²) in [5.74, 6) is -0.0739. The molecule has 2 amide bonds. The summed E-state index contributed by atoms with van der Waals surface area (Å²) in [5, 5.41) is 0. The molecule has 4 rings (SSSR count). The Kier molecular flexibility index (Phi) is 6.77. The highest BCUT2D eigenvalue weighted by atomic mass is 16.2. The van der Waals surface area contributed by atoms with Gasteiger partial charge in [0.15, 0.2) is 0 Å². The average molecular weight is 444 g/mol. The van der Waals surface area contributed by atoms with Gasteiger partial charge in [-0.2, -0.15) is 0 Å². The van der Waals surface area contributed by atoms with E-state index in [0.29, 0.717) is 44.7 Å². The first-order chi connectivity index (χ1) is 16.1. The van der Waals surface area contributed by atoms with Gasteiger partial charge in [-0.05, 0) is 49.4 Å². The molecule has 0 spiro atoms. The SMILES string of the molecule is CCN(CC)C(=O)[C@]1(Cc2cccc(-c3cccnc3)c2)CCN(C(=O)c2cnccn2)C1. The van der Waals surface area contributed by atoms with Crippen molar-refractivity contribution in [2.24, 2.45) is 5.41 Å². The molecular formula is C26H29N5O2. The molecule has 1 saturated heterocycles. The van der Waals surface area contributed by atoms with Gasteiger partial charge < -0.3 is 9.80 Å². The van der Waals surface area contributed by atoms with Crippen molar-refractivity contribution in [2.75, 3.05) is 26.2 Å². The molecule has 1 aromatic carbocycles. The quantitative estimate of drug-likeness (QED) is 0.559. The molecule has 170 valence electrons. The van der Waals surface area contributed by atoms with Crippen molar-refractivity contribution < 1.29 is 9.59 Å². The highest BCUT2D eigenvalue weighted by Crippen LogP contribution is 2.37. The fourth-order valence-corrected chi connectivity index (χ4v) is 4.64. The van der Waals surface area contributed by atoms with E-state index >= 15 is 0 Å². The summed E-state index contributed by atoms with van der Waals surface area (Å²) >= 11 is 0. The fraction of sp³-hybridized carbons (Fsp3) is 0.346. The lowest BCUT2D eigenvalue weighted by Crippen LogP contribution is -2.47. The molecule has 1 atom stereocenters. The molecule has 0 unspecified atom stereocenters. The maximum absolute atomic E-state index is 13.7. The number of likely N-dealkylation sites (tertiary alicyclic amines) is 1. The van der Waals surface area contributed by atoms with Gasteiger partial charge in [0.2, 0.25) is 5.91 Å². The topological polar surface area (TPSA) is 79.3 Å². The van der Waals surface area contributed by atoms with E-state index in [1.807, 2.05) is 43.1 Å². The van der Waals surface area contributed by atoms with Gasteiger partial charge >= 0.3 is 0 Å². The Morgan fingerprint density at radius 2 is 1.79 bits per heavy atom. The van der Waals surface area contributed by atoms with Gasteiger partial charge in [0.1, 0.15) is 5.69 Å². The van der Waals surface area contributed by atoms with E-state index in [1.54, 1.807) is 17.3 Å². The number of hydrogen-bond donors (Lipinski definition) is 0. The fourth-order valence-electron chi connectivity index (χ4n) is 4.64. The predicted molar refractivity (Wildman–Crippen MR) is 126 cm³/mol. The third kappa shape index (κ3) is 4.77. The maximum atomic E-state index is 13.7. The van der Waals surface area contributed by atoms with Crippen LogP contribution >= 0.6 is 0 Å². The molecule has 3 aromatic rings. The highest BCUT2D eigenvalue weighted by molar-refractivity contribution is 5.93. The Labute approximate surface area is 194 Å². The van der Waals surface area contributed by atoms with E-state index in [0.717, 1.165) is 16.7 Å². The molecule has 1 aliphatic rings. The van der Waals surface area contributed by atoms with E-state index in [-0.39, 0.29) is 11.8 Å². The van der Waals surface area contributed by atoms with Crippen LogP contribution in [0.15, 0.2) is 67.4 Å². The molecule has 2 aromatic heterocycles. The lowest BCUT2D eigenvalue weighted by Gasteiger charge is -2.34. The second kappa shape index (κ2) is 9.90. The third-order valence-electron chi connectivity index (χ3n) is 6.39. The second-order valence-electron chi connectivity index (χ2n) is 8.44. The van der Waals surface area contributed by atoms with E-state index in [4.69, 9.17) is 0 Å². The minimum atomic E-state index is -0.669. The molecule has 33 heavy (non-hydrogen) atoms. The Balaban J connectivity index is 1.64. The van der Waals surface area contributed by atoms with Crippen molar-refractivity contribution in [2.45, 2.75) is 26.7 Å². The van der Waals surface area contributed by atoms with Crippen molar-refractivity contribution in [1.29, 1.82) is 0 Å². The number of pyridine rings is 1. The van der Waals surface area contributed by atoms with Crippen LogP contribution in [0.3, 0.4) is 0 Å². The van der Waals surface area contributed by atoms with Gasteiger partial charge in [-0.25, -0.2) is 4.98 Å². The smallest absolute Gasteiger partial charge is 0.274 e. The number of hydrogen-bond acceptors (Lipinski definition) is 5. The molecular weight excluding hydrogens is 414 g/mol. The van der Waals surface area contributed by atoms with Crippen LogP contribution in [-0.4, -0.2) is 62.7 Å². The van der Waals surface area contributed by atoms with E-state index in [2.05, 4.69) is 33.2 Å². The van der Waals surface area contributed by atoms with Crippen molar-refractivity contribution in [3.05, 3.63) is 78.6 Å². The van der Waals surface area contributed by atoms with E-state index < -0.39 is 5.41 Å². The summed E-state index contributed by atoms with van der Waals surface area (Å²) in [5.41, 5.74) is 2.82. The molecule has 1 fully saturated rings. The van der Waals surface area contributed by atoms with Crippen LogP contribution < -0.4 is 0 Å². The summed E-state index contributed by atoms with van der Waals surface area (Å²) < 4.78 is 0. The summed E-state index contributed by atoms with van der Waals surface area (Å²) in [6.07, 6.45) is 9.32. The van der Waals surface area contributed by atoms with Gasteiger partial charge in [0.05, 0.1) is 11.6 Å². The number of carbonyl (C=O) groups is 2. The zero-order valence-corrected chi connectivity index (χ0v) is 19.1. The molecule has 0 aliphatic carbocycles. The van der Waals surface area contributed by atoms with E-state index in [1.165, 1.54) is 12.4 Å². The monoisotopic (exact) mass is 443 g/mol. The van der Waals surface area contributed by atoms with Crippen LogP contribution in [0.5, 0.6) is 0 Å². The summed E-state index contributed by atoms with van der Waals surface area (Å²) in [7, 11) is 0. The molecule has 3 heterocycles.